The molecule has 0 aliphatic carbocycles. The van der Waals surface area contributed by atoms with Crippen molar-refractivity contribution in [2.24, 2.45) is 5.73 Å². The maximum absolute atomic E-state index is 13.8. The van der Waals surface area contributed by atoms with Crippen LogP contribution in [0.3, 0.4) is 0 Å². The van der Waals surface area contributed by atoms with Gasteiger partial charge in [-0.15, -0.1) is 0 Å². The third-order valence-electron chi connectivity index (χ3n) is 2.93. The van der Waals surface area contributed by atoms with Crippen LogP contribution in [-0.2, 0) is 6.54 Å². The monoisotopic (exact) mass is 274 g/mol. The zero-order valence-electron chi connectivity index (χ0n) is 10.6. The Morgan fingerprint density at radius 1 is 1.21 bits per heavy atom. The van der Waals surface area contributed by atoms with Crippen LogP contribution >= 0.6 is 12.2 Å². The summed E-state index contributed by atoms with van der Waals surface area (Å²) in [5.74, 6) is -0.247. The van der Waals surface area contributed by atoms with E-state index in [1.165, 1.54) is 6.07 Å². The first-order valence-electron chi connectivity index (χ1n) is 5.92. The number of rotatable bonds is 4. The first-order valence-corrected chi connectivity index (χ1v) is 6.33. The molecule has 4 heteroatoms. The highest BCUT2D eigenvalue weighted by atomic mass is 32.1. The van der Waals surface area contributed by atoms with Crippen molar-refractivity contribution in [3.8, 4) is 0 Å². The van der Waals surface area contributed by atoms with Gasteiger partial charge >= 0.3 is 0 Å². The van der Waals surface area contributed by atoms with E-state index in [1.54, 1.807) is 12.1 Å². The number of anilines is 1. The average molecular weight is 274 g/mol. The molecule has 0 aliphatic heterocycles. The van der Waals surface area contributed by atoms with Gasteiger partial charge in [0, 0.05) is 30.4 Å². The van der Waals surface area contributed by atoms with E-state index >= 15 is 0 Å². The first-order chi connectivity index (χ1) is 9.08. The van der Waals surface area contributed by atoms with Crippen molar-refractivity contribution in [3.05, 3.63) is 65.5 Å². The molecule has 0 aliphatic rings. The topological polar surface area (TPSA) is 29.3 Å². The minimum atomic E-state index is -0.247. The molecule has 0 amide bonds. The number of nitrogens with zero attached hydrogens (tertiary/aromatic N) is 1. The van der Waals surface area contributed by atoms with Crippen LogP contribution in [0, 0.1) is 5.82 Å². The molecule has 0 atom stereocenters. The Kier molecular flexibility index (Phi) is 4.12. The van der Waals surface area contributed by atoms with Crippen molar-refractivity contribution in [3.63, 3.8) is 0 Å². The molecule has 0 bridgehead atoms. The van der Waals surface area contributed by atoms with E-state index in [-0.39, 0.29) is 10.8 Å². The number of para-hydroxylation sites is 1. The summed E-state index contributed by atoms with van der Waals surface area (Å²) in [4.78, 5) is 2.26. The maximum Gasteiger partial charge on any atom is 0.128 e. The van der Waals surface area contributed by atoms with Crippen LogP contribution in [0.2, 0.25) is 0 Å². The zero-order valence-corrected chi connectivity index (χ0v) is 11.5. The van der Waals surface area contributed by atoms with E-state index in [4.69, 9.17) is 18.0 Å². The molecular weight excluding hydrogens is 259 g/mol. The van der Waals surface area contributed by atoms with Crippen LogP contribution in [0.15, 0.2) is 48.5 Å². The molecule has 2 aromatic rings. The van der Waals surface area contributed by atoms with E-state index in [0.717, 1.165) is 5.69 Å². The molecule has 2 nitrogen and oxygen atoms in total. The Bertz CT molecular complexity index is 584. The molecule has 2 rings (SSSR count). The third-order valence-corrected chi connectivity index (χ3v) is 3.17. The number of hydrogen-bond acceptors (Lipinski definition) is 2. The van der Waals surface area contributed by atoms with Gasteiger partial charge in [-0.25, -0.2) is 4.39 Å². The van der Waals surface area contributed by atoms with Crippen molar-refractivity contribution < 1.29 is 4.39 Å². The molecule has 19 heavy (non-hydrogen) atoms. The maximum atomic E-state index is 13.8. The minimum Gasteiger partial charge on any atom is -0.389 e. The summed E-state index contributed by atoms with van der Waals surface area (Å²) in [5.41, 5.74) is 7.87. The largest absolute Gasteiger partial charge is 0.389 e. The van der Waals surface area contributed by atoms with E-state index in [9.17, 15) is 4.39 Å². The van der Waals surface area contributed by atoms with Gasteiger partial charge in [0.05, 0.1) is 0 Å². The van der Waals surface area contributed by atoms with Crippen LogP contribution in [-0.4, -0.2) is 12.0 Å². The van der Waals surface area contributed by atoms with Crippen molar-refractivity contribution in [2.45, 2.75) is 6.54 Å². The summed E-state index contributed by atoms with van der Waals surface area (Å²) < 4.78 is 13.8. The van der Waals surface area contributed by atoms with E-state index < -0.39 is 0 Å². The second-order valence-corrected chi connectivity index (χ2v) is 4.80. The molecule has 0 aromatic heterocycles. The fraction of sp³-hybridized carbons (Fsp3) is 0.133. The lowest BCUT2D eigenvalue weighted by molar-refractivity contribution is 0.608. The summed E-state index contributed by atoms with van der Waals surface area (Å²) in [6.07, 6.45) is 0. The summed E-state index contributed by atoms with van der Waals surface area (Å²) in [6, 6.07) is 14.5. The van der Waals surface area contributed by atoms with Gasteiger partial charge in [-0.3, -0.25) is 0 Å². The molecule has 0 unspecified atom stereocenters. The fourth-order valence-electron chi connectivity index (χ4n) is 1.88. The van der Waals surface area contributed by atoms with E-state index in [1.807, 2.05) is 42.3 Å². The van der Waals surface area contributed by atoms with Gasteiger partial charge in [0.15, 0.2) is 0 Å². The third kappa shape index (κ3) is 3.29. The van der Waals surface area contributed by atoms with E-state index in [0.29, 0.717) is 17.7 Å². The lowest BCUT2D eigenvalue weighted by atomic mass is 10.1. The predicted octanol–water partition coefficient (Wildman–Crippen LogP) is 3.10. The molecule has 0 spiro atoms. The molecule has 0 saturated heterocycles. The molecule has 0 radical (unpaired) electrons. The Hall–Kier alpha value is -1.94. The average Bonchev–Trinajstić information content (AvgIpc) is 2.42. The first kappa shape index (κ1) is 13.5. The van der Waals surface area contributed by atoms with Gasteiger partial charge in [0.1, 0.15) is 10.8 Å². The lowest BCUT2D eigenvalue weighted by Crippen LogP contribution is -2.18. The number of benzene rings is 2. The highest BCUT2D eigenvalue weighted by molar-refractivity contribution is 7.80. The summed E-state index contributed by atoms with van der Waals surface area (Å²) in [6.45, 7) is 0.465. The molecular formula is C15H15FN2S. The Morgan fingerprint density at radius 2 is 1.89 bits per heavy atom. The fourth-order valence-corrected chi connectivity index (χ4v) is 2.01. The standard InChI is InChI=1S/C15H15FN2S/c1-18(13-5-3-2-4-6-13)10-12-9-11(15(17)19)7-8-14(12)16/h2-9H,10H2,1H3,(H2,17,19). The SMILES string of the molecule is CN(Cc1cc(C(N)=S)ccc1F)c1ccccc1. The van der Waals surface area contributed by atoms with Gasteiger partial charge < -0.3 is 10.6 Å². The van der Waals surface area contributed by atoms with Crippen LogP contribution in [0.5, 0.6) is 0 Å². The molecule has 0 saturated carbocycles. The molecule has 2 N–H and O–H groups in total. The van der Waals surface area contributed by atoms with Crippen LogP contribution < -0.4 is 10.6 Å². The van der Waals surface area contributed by atoms with E-state index in [2.05, 4.69) is 0 Å². The summed E-state index contributed by atoms with van der Waals surface area (Å²) in [5, 5.41) is 0. The zero-order chi connectivity index (χ0) is 13.8. The molecule has 0 fully saturated rings. The highest BCUT2D eigenvalue weighted by Gasteiger charge is 2.08. The predicted molar refractivity (Wildman–Crippen MR) is 80.8 cm³/mol. The lowest BCUT2D eigenvalue weighted by Gasteiger charge is -2.20. The molecule has 98 valence electrons. The Balaban J connectivity index is 2.23. The summed E-state index contributed by atoms with van der Waals surface area (Å²) >= 11 is 4.91. The van der Waals surface area contributed by atoms with Gasteiger partial charge in [-0.05, 0) is 30.3 Å². The van der Waals surface area contributed by atoms with Crippen LogP contribution in [0.25, 0.3) is 0 Å². The van der Waals surface area contributed by atoms with Gasteiger partial charge in [-0.1, -0.05) is 30.4 Å². The minimum absolute atomic E-state index is 0.247. The van der Waals surface area contributed by atoms with Crippen LogP contribution in [0.4, 0.5) is 10.1 Å². The second kappa shape index (κ2) is 5.80. The summed E-state index contributed by atoms with van der Waals surface area (Å²) in [7, 11) is 1.92. The van der Waals surface area contributed by atoms with Gasteiger partial charge in [-0.2, -0.15) is 0 Å². The number of hydrogen-bond donors (Lipinski definition) is 1. The number of thiocarbonyl (C=S) groups is 1. The molecule has 2 aromatic carbocycles. The normalized spacial score (nSPS) is 10.2. The van der Waals surface area contributed by atoms with Gasteiger partial charge in [0.25, 0.3) is 0 Å². The van der Waals surface area contributed by atoms with Gasteiger partial charge in [0.2, 0.25) is 0 Å². The highest BCUT2D eigenvalue weighted by Crippen LogP contribution is 2.17. The quantitative estimate of drug-likeness (QED) is 0.869. The Morgan fingerprint density at radius 3 is 2.53 bits per heavy atom. The smallest absolute Gasteiger partial charge is 0.128 e. The van der Waals surface area contributed by atoms with Crippen molar-refractivity contribution in [1.82, 2.24) is 0 Å². The van der Waals surface area contributed by atoms with Crippen molar-refractivity contribution in [2.75, 3.05) is 11.9 Å². The number of nitrogens with two attached hydrogens (primary N) is 1. The van der Waals surface area contributed by atoms with Crippen LogP contribution in [0.1, 0.15) is 11.1 Å². The molecule has 0 heterocycles. The Labute approximate surface area is 117 Å². The van der Waals surface area contributed by atoms with Crippen molar-refractivity contribution >= 4 is 22.9 Å². The van der Waals surface area contributed by atoms with Crippen molar-refractivity contribution in [1.29, 1.82) is 0 Å². The second-order valence-electron chi connectivity index (χ2n) is 4.36. The number of halogens is 1.